The summed E-state index contributed by atoms with van der Waals surface area (Å²) < 4.78 is 24.6. The predicted octanol–water partition coefficient (Wildman–Crippen LogP) is 0.859. The maximum absolute atomic E-state index is 12.9. The number of hydrogen-bond donors (Lipinski definition) is 2. The number of aromatic amines is 1. The molecule has 0 amide bonds. The van der Waals surface area contributed by atoms with E-state index in [1.165, 1.54) is 6.07 Å². The summed E-state index contributed by atoms with van der Waals surface area (Å²) in [7, 11) is -1.92. The minimum absolute atomic E-state index is 0.128. The lowest BCUT2D eigenvalue weighted by Gasteiger charge is -2.02. The SMILES string of the molecule is O=C(O)CS(=O)c1c[nH]c2cc(F)ccc2c1=O. The van der Waals surface area contributed by atoms with Crippen LogP contribution in [0.5, 0.6) is 0 Å². The molecule has 94 valence electrons. The molecule has 0 aliphatic rings. The van der Waals surface area contributed by atoms with Crippen molar-refractivity contribution < 1.29 is 18.5 Å². The Morgan fingerprint density at radius 2 is 2.17 bits per heavy atom. The van der Waals surface area contributed by atoms with Crippen molar-refractivity contribution in [1.29, 1.82) is 0 Å². The van der Waals surface area contributed by atoms with Gasteiger partial charge in [0.05, 0.1) is 16.3 Å². The molecule has 2 aromatic rings. The Labute approximate surface area is 103 Å². The lowest BCUT2D eigenvalue weighted by atomic mass is 10.2. The normalized spacial score (nSPS) is 12.5. The lowest BCUT2D eigenvalue weighted by molar-refractivity contribution is -0.133. The number of hydrogen-bond acceptors (Lipinski definition) is 3. The molecule has 1 unspecified atom stereocenters. The number of aromatic nitrogens is 1. The molecule has 1 atom stereocenters. The highest BCUT2D eigenvalue weighted by molar-refractivity contribution is 7.85. The second kappa shape index (κ2) is 4.69. The number of nitrogens with one attached hydrogen (secondary N) is 1. The Bertz CT molecular complexity index is 710. The van der Waals surface area contributed by atoms with Gasteiger partial charge < -0.3 is 10.1 Å². The second-order valence-electron chi connectivity index (χ2n) is 3.56. The van der Waals surface area contributed by atoms with E-state index in [9.17, 15) is 18.2 Å². The number of carbonyl (C=O) groups is 1. The van der Waals surface area contributed by atoms with Crippen molar-refractivity contribution in [2.75, 3.05) is 5.75 Å². The van der Waals surface area contributed by atoms with Crippen LogP contribution in [0.25, 0.3) is 10.9 Å². The van der Waals surface area contributed by atoms with Crippen molar-refractivity contribution in [2.24, 2.45) is 0 Å². The number of fused-ring (bicyclic) bond motifs is 1. The first kappa shape index (κ1) is 12.4. The Balaban J connectivity index is 2.58. The average molecular weight is 269 g/mol. The maximum Gasteiger partial charge on any atom is 0.316 e. The van der Waals surface area contributed by atoms with Gasteiger partial charge in [-0.25, -0.2) is 4.39 Å². The van der Waals surface area contributed by atoms with Crippen LogP contribution in [0.2, 0.25) is 0 Å². The Kier molecular flexibility index (Phi) is 3.24. The fourth-order valence-electron chi connectivity index (χ4n) is 1.53. The molecule has 2 N–H and O–H groups in total. The summed E-state index contributed by atoms with van der Waals surface area (Å²) >= 11 is 0. The van der Waals surface area contributed by atoms with Crippen molar-refractivity contribution in [3.05, 3.63) is 40.4 Å². The zero-order chi connectivity index (χ0) is 13.3. The van der Waals surface area contributed by atoms with Crippen molar-refractivity contribution in [3.8, 4) is 0 Å². The molecule has 18 heavy (non-hydrogen) atoms. The molecule has 0 aliphatic carbocycles. The quantitative estimate of drug-likeness (QED) is 0.865. The zero-order valence-electron chi connectivity index (χ0n) is 8.97. The summed E-state index contributed by atoms with van der Waals surface area (Å²) in [6.45, 7) is 0. The predicted molar refractivity (Wildman–Crippen MR) is 63.4 cm³/mol. The van der Waals surface area contributed by atoms with Crippen LogP contribution in [0.15, 0.2) is 34.1 Å². The van der Waals surface area contributed by atoms with E-state index in [0.717, 1.165) is 18.3 Å². The lowest BCUT2D eigenvalue weighted by Crippen LogP contribution is -2.17. The first-order chi connectivity index (χ1) is 8.49. The van der Waals surface area contributed by atoms with Gasteiger partial charge in [0.1, 0.15) is 16.5 Å². The maximum atomic E-state index is 12.9. The molecule has 0 saturated heterocycles. The third-order valence-electron chi connectivity index (χ3n) is 2.31. The molecule has 1 aromatic heterocycles. The summed E-state index contributed by atoms with van der Waals surface area (Å²) in [6, 6.07) is 3.52. The Morgan fingerprint density at radius 1 is 1.44 bits per heavy atom. The van der Waals surface area contributed by atoms with Crippen molar-refractivity contribution in [3.63, 3.8) is 0 Å². The highest BCUT2D eigenvalue weighted by atomic mass is 32.2. The summed E-state index contributed by atoms with van der Waals surface area (Å²) in [4.78, 5) is 24.9. The van der Waals surface area contributed by atoms with E-state index >= 15 is 0 Å². The molecular formula is C11H8FNO4S. The molecule has 2 rings (SSSR count). The van der Waals surface area contributed by atoms with E-state index in [0.29, 0.717) is 0 Å². The molecule has 1 aromatic carbocycles. The largest absolute Gasteiger partial charge is 0.481 e. The number of halogens is 1. The van der Waals surface area contributed by atoms with E-state index < -0.39 is 33.8 Å². The van der Waals surface area contributed by atoms with E-state index in [4.69, 9.17) is 5.11 Å². The van der Waals surface area contributed by atoms with Crippen LogP contribution >= 0.6 is 0 Å². The molecule has 0 aliphatic heterocycles. The molecule has 1 heterocycles. The van der Waals surface area contributed by atoms with Crippen LogP contribution in [-0.4, -0.2) is 26.0 Å². The van der Waals surface area contributed by atoms with Crippen molar-refractivity contribution in [1.82, 2.24) is 4.98 Å². The fraction of sp³-hybridized carbons (Fsp3) is 0.0909. The minimum atomic E-state index is -1.92. The van der Waals surface area contributed by atoms with Crippen molar-refractivity contribution >= 4 is 27.7 Å². The van der Waals surface area contributed by atoms with E-state index in [1.54, 1.807) is 0 Å². The van der Waals surface area contributed by atoms with E-state index in [2.05, 4.69) is 4.98 Å². The van der Waals surface area contributed by atoms with Gasteiger partial charge in [0, 0.05) is 11.6 Å². The van der Waals surface area contributed by atoms with Crippen LogP contribution < -0.4 is 5.43 Å². The number of benzene rings is 1. The number of carboxylic acid groups (broad SMARTS) is 1. The highest BCUT2D eigenvalue weighted by Gasteiger charge is 2.14. The Hall–Kier alpha value is -2.02. The van der Waals surface area contributed by atoms with Crippen LogP contribution in [0, 0.1) is 5.82 Å². The summed E-state index contributed by atoms with van der Waals surface area (Å²) in [5.41, 5.74) is -0.278. The van der Waals surface area contributed by atoms with Crippen molar-refractivity contribution in [2.45, 2.75) is 4.90 Å². The average Bonchev–Trinajstić information content (AvgIpc) is 2.27. The number of carboxylic acids is 1. The van der Waals surface area contributed by atoms with Gasteiger partial charge in [-0.1, -0.05) is 0 Å². The third-order valence-corrected chi connectivity index (χ3v) is 3.61. The van der Waals surface area contributed by atoms with Crippen LogP contribution in [0.3, 0.4) is 0 Å². The summed E-state index contributed by atoms with van der Waals surface area (Å²) in [5.74, 6) is -2.40. The Morgan fingerprint density at radius 3 is 2.83 bits per heavy atom. The van der Waals surface area contributed by atoms with Gasteiger partial charge in [-0.3, -0.25) is 13.8 Å². The number of aliphatic carboxylic acids is 1. The molecule has 7 heteroatoms. The zero-order valence-corrected chi connectivity index (χ0v) is 9.79. The van der Waals surface area contributed by atoms with Gasteiger partial charge in [0.15, 0.2) is 0 Å². The topological polar surface area (TPSA) is 87.2 Å². The smallest absolute Gasteiger partial charge is 0.316 e. The minimum Gasteiger partial charge on any atom is -0.481 e. The molecule has 0 bridgehead atoms. The monoisotopic (exact) mass is 269 g/mol. The summed E-state index contributed by atoms with van der Waals surface area (Å²) in [6.07, 6.45) is 1.16. The molecule has 0 spiro atoms. The number of H-pyrrole nitrogens is 1. The summed E-state index contributed by atoms with van der Waals surface area (Å²) in [5, 5.41) is 8.70. The molecule has 0 radical (unpaired) electrons. The van der Waals surface area contributed by atoms with Crippen LogP contribution in [0.4, 0.5) is 4.39 Å². The molecule has 0 fully saturated rings. The molecule has 0 saturated carbocycles. The number of rotatable bonds is 3. The standard InChI is InChI=1S/C11H8FNO4S/c12-6-1-2-7-8(3-6)13-4-9(11(7)16)18(17)5-10(14)15/h1-4H,5H2,(H,13,16)(H,14,15). The molecular weight excluding hydrogens is 261 g/mol. The van der Waals surface area contributed by atoms with Gasteiger partial charge in [0.2, 0.25) is 5.43 Å². The van der Waals surface area contributed by atoms with Gasteiger partial charge in [-0.05, 0) is 18.2 Å². The van der Waals surface area contributed by atoms with Gasteiger partial charge in [-0.2, -0.15) is 0 Å². The van der Waals surface area contributed by atoms with E-state index in [-0.39, 0.29) is 15.8 Å². The third kappa shape index (κ3) is 2.30. The number of pyridine rings is 1. The highest BCUT2D eigenvalue weighted by Crippen LogP contribution is 2.11. The first-order valence-electron chi connectivity index (χ1n) is 4.90. The second-order valence-corrected chi connectivity index (χ2v) is 4.98. The van der Waals surface area contributed by atoms with Crippen LogP contribution in [0.1, 0.15) is 0 Å². The van der Waals surface area contributed by atoms with Gasteiger partial charge in [-0.15, -0.1) is 0 Å². The van der Waals surface area contributed by atoms with Crippen LogP contribution in [-0.2, 0) is 15.6 Å². The molecule has 5 nitrogen and oxygen atoms in total. The van der Waals surface area contributed by atoms with E-state index in [1.807, 2.05) is 0 Å². The van der Waals surface area contributed by atoms with Gasteiger partial charge in [0.25, 0.3) is 0 Å². The fourth-order valence-corrected chi connectivity index (χ4v) is 2.42. The first-order valence-corrected chi connectivity index (χ1v) is 6.22. The van der Waals surface area contributed by atoms with Gasteiger partial charge >= 0.3 is 5.97 Å².